The molecule has 25 heteroatoms. The minimum Gasteiger partial charge on any atom is -0.481 e. The van der Waals surface area contributed by atoms with Gasteiger partial charge in [-0.2, -0.15) is 12.6 Å². The van der Waals surface area contributed by atoms with Crippen molar-refractivity contribution in [2.24, 2.45) is 22.2 Å². The van der Waals surface area contributed by atoms with E-state index in [0.717, 1.165) is 0 Å². The maximum atomic E-state index is 13.4. The molecule has 6 atom stereocenters. The summed E-state index contributed by atoms with van der Waals surface area (Å²) in [5.74, 6) is -14.8. The first-order chi connectivity index (χ1) is 23.7. The van der Waals surface area contributed by atoms with E-state index in [9.17, 15) is 63.3 Å². The zero-order valence-electron chi connectivity index (χ0n) is 26.8. The van der Waals surface area contributed by atoms with Crippen LogP contribution in [0.3, 0.4) is 0 Å². The van der Waals surface area contributed by atoms with Gasteiger partial charge in [0.05, 0.1) is 19.3 Å². The van der Waals surface area contributed by atoms with E-state index < -0.39 is 127 Å². The second-order valence-electron chi connectivity index (χ2n) is 10.6. The maximum Gasteiger partial charge on any atom is 0.327 e. The largest absolute Gasteiger partial charge is 0.481 e. The van der Waals surface area contributed by atoms with Crippen molar-refractivity contribution in [3.8, 4) is 0 Å². The number of rotatable bonds is 25. The fourth-order valence-corrected chi connectivity index (χ4v) is 4.12. The van der Waals surface area contributed by atoms with Crippen LogP contribution in [0.4, 0.5) is 0 Å². The lowest BCUT2D eigenvalue weighted by Gasteiger charge is -2.26. The summed E-state index contributed by atoms with van der Waals surface area (Å²) >= 11 is 3.76. The molecule has 0 spiro atoms. The Labute approximate surface area is 293 Å². The third-order valence-corrected chi connectivity index (χ3v) is 6.79. The molecule has 0 rings (SSSR count). The molecule has 0 bridgehead atoms. The smallest absolute Gasteiger partial charge is 0.327 e. The zero-order chi connectivity index (χ0) is 39.4. The highest BCUT2D eigenvalue weighted by atomic mass is 32.1. The number of carbonyl (C=O) groups is 10. The van der Waals surface area contributed by atoms with Crippen LogP contribution in [-0.2, 0) is 47.9 Å². The second-order valence-corrected chi connectivity index (χ2v) is 11.0. The van der Waals surface area contributed by atoms with Crippen LogP contribution >= 0.6 is 12.6 Å². The molecular weight excluding hydrogens is 710 g/mol. The van der Waals surface area contributed by atoms with Crippen LogP contribution < -0.4 is 43.8 Å². The van der Waals surface area contributed by atoms with Crippen LogP contribution in [0.2, 0.25) is 0 Å². The molecule has 5 amide bonds. The van der Waals surface area contributed by atoms with Crippen molar-refractivity contribution in [1.82, 2.24) is 26.6 Å². The Bertz CT molecular complexity index is 1360. The number of nitrogens with zero attached hydrogens (tertiary/aromatic N) is 1. The number of carboxylic acids is 5. The van der Waals surface area contributed by atoms with Crippen LogP contribution in [0.1, 0.15) is 44.9 Å². The third kappa shape index (κ3) is 19.2. The van der Waals surface area contributed by atoms with Crippen LogP contribution in [0.15, 0.2) is 4.99 Å². The molecule has 0 radical (unpaired) electrons. The van der Waals surface area contributed by atoms with Crippen molar-refractivity contribution >= 4 is 78.0 Å². The SMILES string of the molecule is NC(N)=NCCC[C@H](NC(=O)[C@H](CC(=O)O)NC(=O)CC[C@H](N)C(=O)O)C(=O)N[C@@H](CC(=O)O)C(=O)N[C@@H](CC(=O)O)C(=O)N[C@@H](CS)C(=O)O. The summed E-state index contributed by atoms with van der Waals surface area (Å²) in [7, 11) is 0. The topological polar surface area (TPSA) is 422 Å². The van der Waals surface area contributed by atoms with Gasteiger partial charge in [-0.1, -0.05) is 0 Å². The number of aliphatic carboxylic acids is 5. The van der Waals surface area contributed by atoms with E-state index in [4.69, 9.17) is 27.4 Å². The van der Waals surface area contributed by atoms with Crippen molar-refractivity contribution in [2.45, 2.75) is 81.2 Å². The Morgan fingerprint density at radius 2 is 0.961 bits per heavy atom. The molecule has 0 unspecified atom stereocenters. The van der Waals surface area contributed by atoms with E-state index in [2.05, 4.69) is 28.3 Å². The maximum absolute atomic E-state index is 13.4. The van der Waals surface area contributed by atoms with Crippen LogP contribution in [0.25, 0.3) is 0 Å². The van der Waals surface area contributed by atoms with Gasteiger partial charge in [0.1, 0.15) is 36.3 Å². The monoisotopic (exact) mass is 751 g/mol. The summed E-state index contributed by atoms with van der Waals surface area (Å²) in [5.41, 5.74) is 15.9. The lowest BCUT2D eigenvalue weighted by atomic mass is 10.1. The Balaban J connectivity index is 6.25. The van der Waals surface area contributed by atoms with Gasteiger partial charge in [0.15, 0.2) is 5.96 Å². The van der Waals surface area contributed by atoms with Gasteiger partial charge in [-0.15, -0.1) is 0 Å². The highest BCUT2D eigenvalue weighted by Gasteiger charge is 2.34. The van der Waals surface area contributed by atoms with Crippen LogP contribution in [-0.4, -0.2) is 139 Å². The minimum atomic E-state index is -2.04. The number of aliphatic imine (C=N–C) groups is 1. The molecule has 0 aromatic heterocycles. The van der Waals surface area contributed by atoms with E-state index in [0.29, 0.717) is 0 Å². The molecule has 0 heterocycles. The van der Waals surface area contributed by atoms with Gasteiger partial charge < -0.3 is 69.3 Å². The molecule has 0 saturated carbocycles. The number of nitrogens with two attached hydrogens (primary N) is 3. The molecule has 0 aliphatic rings. The fraction of sp³-hybridized carbons (Fsp3) is 0.577. The van der Waals surface area contributed by atoms with E-state index in [-0.39, 0.29) is 31.8 Å². The first-order valence-electron chi connectivity index (χ1n) is 14.7. The van der Waals surface area contributed by atoms with Crippen LogP contribution in [0, 0.1) is 0 Å². The fourth-order valence-electron chi connectivity index (χ4n) is 3.88. The highest BCUT2D eigenvalue weighted by Crippen LogP contribution is 2.06. The normalized spacial score (nSPS) is 14.1. The third-order valence-electron chi connectivity index (χ3n) is 6.43. The molecule has 0 saturated heterocycles. The average molecular weight is 752 g/mol. The molecule has 0 aliphatic carbocycles. The Kier molecular flexibility index (Phi) is 20.3. The van der Waals surface area contributed by atoms with Gasteiger partial charge >= 0.3 is 29.8 Å². The summed E-state index contributed by atoms with van der Waals surface area (Å²) in [4.78, 5) is 125. The molecule has 51 heavy (non-hydrogen) atoms. The van der Waals surface area contributed by atoms with Gasteiger partial charge in [0.2, 0.25) is 29.5 Å². The number of amides is 5. The van der Waals surface area contributed by atoms with Crippen molar-refractivity contribution in [3.63, 3.8) is 0 Å². The van der Waals surface area contributed by atoms with E-state index in [1.807, 2.05) is 16.0 Å². The number of carbonyl (C=O) groups excluding carboxylic acids is 5. The molecule has 0 aliphatic heterocycles. The Morgan fingerprint density at radius 3 is 1.33 bits per heavy atom. The lowest BCUT2D eigenvalue weighted by Crippen LogP contribution is -2.59. The van der Waals surface area contributed by atoms with Crippen molar-refractivity contribution in [1.29, 1.82) is 0 Å². The predicted octanol–water partition coefficient (Wildman–Crippen LogP) is -5.91. The van der Waals surface area contributed by atoms with Crippen LogP contribution in [0.5, 0.6) is 0 Å². The number of carboxylic acid groups (broad SMARTS) is 5. The molecule has 16 N–H and O–H groups in total. The minimum absolute atomic E-state index is 0.0498. The number of guanidine groups is 1. The first kappa shape index (κ1) is 45.3. The Hall–Kier alpha value is -5.72. The standard InChI is InChI=1S/C26H41N9O15S/c27-10(24(47)48)3-4-16(36)31-12(6-17(37)38)21(44)32-11(2-1-5-30-26(28)29)20(43)33-13(7-18(39)40)22(45)34-14(8-19(41)42)23(46)35-15(9-51)25(49)50/h10-15,51H,1-9,27H2,(H,31,36)(H,32,44)(H,33,43)(H,34,45)(H,35,46)(H,37,38)(H,39,40)(H,41,42)(H,47,48)(H,49,50)(H4,28,29,30)/t10-,11-,12-,13-,14-,15-/m0/s1. The molecule has 0 aromatic carbocycles. The quantitative estimate of drug-likeness (QED) is 0.0179. The molecule has 0 fully saturated rings. The molecule has 286 valence electrons. The second kappa shape index (κ2) is 22.8. The van der Waals surface area contributed by atoms with E-state index in [1.165, 1.54) is 0 Å². The number of hydrogen-bond donors (Lipinski definition) is 14. The predicted molar refractivity (Wildman–Crippen MR) is 173 cm³/mol. The summed E-state index contributed by atoms with van der Waals surface area (Å²) in [5, 5.41) is 56.1. The van der Waals surface area contributed by atoms with E-state index in [1.54, 1.807) is 0 Å². The Morgan fingerprint density at radius 1 is 0.569 bits per heavy atom. The summed E-state index contributed by atoms with van der Waals surface area (Å²) in [6.45, 7) is -0.115. The van der Waals surface area contributed by atoms with Crippen molar-refractivity contribution in [2.75, 3.05) is 12.3 Å². The van der Waals surface area contributed by atoms with Gasteiger partial charge in [0.25, 0.3) is 0 Å². The van der Waals surface area contributed by atoms with Gasteiger partial charge in [-0.3, -0.25) is 48.1 Å². The number of thiol groups is 1. The molecular formula is C26H41N9O15S. The first-order valence-corrected chi connectivity index (χ1v) is 15.3. The zero-order valence-corrected chi connectivity index (χ0v) is 27.7. The number of hydrogen-bond acceptors (Lipinski definition) is 13. The molecule has 0 aromatic rings. The van der Waals surface area contributed by atoms with Gasteiger partial charge in [-0.25, -0.2) is 4.79 Å². The van der Waals surface area contributed by atoms with Gasteiger partial charge in [-0.05, 0) is 19.3 Å². The van der Waals surface area contributed by atoms with Gasteiger partial charge in [0, 0.05) is 18.7 Å². The molecule has 24 nitrogen and oxygen atoms in total. The summed E-state index contributed by atoms with van der Waals surface area (Å²) in [6, 6.07) is -10.6. The highest BCUT2D eigenvalue weighted by molar-refractivity contribution is 7.80. The summed E-state index contributed by atoms with van der Waals surface area (Å²) < 4.78 is 0. The average Bonchev–Trinajstić information content (AvgIpc) is 3.01. The van der Waals surface area contributed by atoms with E-state index >= 15 is 0 Å². The van der Waals surface area contributed by atoms with Crippen molar-refractivity contribution in [3.05, 3.63) is 0 Å². The van der Waals surface area contributed by atoms with Crippen molar-refractivity contribution < 1.29 is 73.5 Å². The number of nitrogens with one attached hydrogen (secondary N) is 5. The summed E-state index contributed by atoms with van der Waals surface area (Å²) in [6.07, 6.45) is -4.57. The lowest BCUT2D eigenvalue weighted by molar-refractivity contribution is -0.144.